The number of halogens is 2. The van der Waals surface area contributed by atoms with E-state index in [2.05, 4.69) is 21.2 Å². The normalized spacial score (nSPS) is 16.7. The SMILES string of the molecule is O=C(/C=C/c1cc(Br)ccc1F)N[C@@H]1CCOc2ccccc21. The van der Waals surface area contributed by atoms with Crippen molar-refractivity contribution in [3.63, 3.8) is 0 Å². The number of ether oxygens (including phenoxy) is 1. The zero-order chi connectivity index (χ0) is 16.2. The van der Waals surface area contributed by atoms with Crippen LogP contribution in [0.25, 0.3) is 6.08 Å². The highest BCUT2D eigenvalue weighted by Gasteiger charge is 2.21. The summed E-state index contributed by atoms with van der Waals surface area (Å²) in [5, 5.41) is 2.94. The highest BCUT2D eigenvalue weighted by Crippen LogP contribution is 2.31. The van der Waals surface area contributed by atoms with E-state index in [0.717, 1.165) is 15.8 Å². The molecule has 2 aromatic rings. The summed E-state index contributed by atoms with van der Waals surface area (Å²) >= 11 is 3.29. The molecule has 3 nitrogen and oxygen atoms in total. The molecule has 0 radical (unpaired) electrons. The lowest BCUT2D eigenvalue weighted by molar-refractivity contribution is -0.117. The van der Waals surface area contributed by atoms with Crippen LogP contribution in [0, 0.1) is 5.82 Å². The molecule has 0 saturated heterocycles. The van der Waals surface area contributed by atoms with E-state index in [9.17, 15) is 9.18 Å². The number of hydrogen-bond acceptors (Lipinski definition) is 2. The maximum Gasteiger partial charge on any atom is 0.244 e. The second kappa shape index (κ2) is 6.96. The second-order valence-corrected chi connectivity index (χ2v) is 6.15. The van der Waals surface area contributed by atoms with Gasteiger partial charge in [-0.3, -0.25) is 4.79 Å². The fraction of sp³-hybridized carbons (Fsp3) is 0.167. The molecule has 3 rings (SSSR count). The summed E-state index contributed by atoms with van der Waals surface area (Å²) in [6, 6.07) is 12.2. The van der Waals surface area contributed by atoms with Gasteiger partial charge in [0.2, 0.25) is 5.91 Å². The Bertz CT molecular complexity index is 760. The Balaban J connectivity index is 1.71. The Morgan fingerprint density at radius 2 is 2.13 bits per heavy atom. The number of amides is 1. The van der Waals surface area contributed by atoms with Gasteiger partial charge in [0, 0.05) is 28.1 Å². The molecule has 23 heavy (non-hydrogen) atoms. The molecule has 0 fully saturated rings. The van der Waals surface area contributed by atoms with Crippen molar-refractivity contribution in [1.29, 1.82) is 0 Å². The predicted octanol–water partition coefficient (Wildman–Crippen LogP) is 4.24. The largest absolute Gasteiger partial charge is 0.493 e. The predicted molar refractivity (Wildman–Crippen MR) is 90.6 cm³/mol. The van der Waals surface area contributed by atoms with Crippen molar-refractivity contribution in [2.24, 2.45) is 0 Å². The van der Waals surface area contributed by atoms with Crippen molar-refractivity contribution >= 4 is 27.9 Å². The summed E-state index contributed by atoms with van der Waals surface area (Å²) in [5.74, 6) is 0.172. The lowest BCUT2D eigenvalue weighted by Crippen LogP contribution is -2.30. The third kappa shape index (κ3) is 3.79. The molecule has 1 aliphatic heterocycles. The molecule has 0 aromatic heterocycles. The molecule has 1 aliphatic rings. The number of nitrogens with one attached hydrogen (secondary N) is 1. The Hall–Kier alpha value is -2.14. The molecule has 0 spiro atoms. The van der Waals surface area contributed by atoms with Crippen molar-refractivity contribution in [3.05, 3.63) is 70.0 Å². The average Bonchev–Trinajstić information content (AvgIpc) is 2.56. The molecule has 2 aromatic carbocycles. The van der Waals surface area contributed by atoms with E-state index in [-0.39, 0.29) is 17.8 Å². The second-order valence-electron chi connectivity index (χ2n) is 5.24. The van der Waals surface area contributed by atoms with Gasteiger partial charge >= 0.3 is 0 Å². The summed E-state index contributed by atoms with van der Waals surface area (Å²) in [7, 11) is 0. The molecule has 0 aliphatic carbocycles. The van der Waals surface area contributed by atoms with Gasteiger partial charge in [-0.05, 0) is 30.3 Å². The summed E-state index contributed by atoms with van der Waals surface area (Å²) in [5.41, 5.74) is 1.33. The van der Waals surface area contributed by atoms with E-state index in [4.69, 9.17) is 4.74 Å². The minimum atomic E-state index is -0.367. The number of hydrogen-bond donors (Lipinski definition) is 1. The number of para-hydroxylation sites is 1. The minimum Gasteiger partial charge on any atom is -0.493 e. The summed E-state index contributed by atoms with van der Waals surface area (Å²) in [4.78, 5) is 12.1. The smallest absolute Gasteiger partial charge is 0.244 e. The average molecular weight is 376 g/mol. The molecule has 118 valence electrons. The monoisotopic (exact) mass is 375 g/mol. The summed E-state index contributed by atoms with van der Waals surface area (Å²) in [6.45, 7) is 0.561. The first-order chi connectivity index (χ1) is 11.1. The topological polar surface area (TPSA) is 38.3 Å². The maximum absolute atomic E-state index is 13.7. The van der Waals surface area contributed by atoms with Gasteiger partial charge in [0.1, 0.15) is 11.6 Å². The van der Waals surface area contributed by atoms with Gasteiger partial charge in [-0.15, -0.1) is 0 Å². The van der Waals surface area contributed by atoms with Crippen LogP contribution < -0.4 is 10.1 Å². The Labute approximate surface area is 142 Å². The highest BCUT2D eigenvalue weighted by atomic mass is 79.9. The molecule has 0 bridgehead atoms. The summed E-state index contributed by atoms with van der Waals surface area (Å²) in [6.07, 6.45) is 3.53. The molecule has 5 heteroatoms. The Kier molecular flexibility index (Phi) is 4.76. The van der Waals surface area contributed by atoms with Crippen LogP contribution in [0.4, 0.5) is 4.39 Å². The van der Waals surface area contributed by atoms with E-state index in [1.807, 2.05) is 24.3 Å². The van der Waals surface area contributed by atoms with Crippen molar-refractivity contribution in [2.75, 3.05) is 6.61 Å². The fourth-order valence-electron chi connectivity index (χ4n) is 2.52. The molecule has 1 amide bonds. The summed E-state index contributed by atoms with van der Waals surface area (Å²) < 4.78 is 20.0. The van der Waals surface area contributed by atoms with Crippen LogP contribution >= 0.6 is 15.9 Å². The minimum absolute atomic E-state index is 0.0931. The lowest BCUT2D eigenvalue weighted by atomic mass is 10.0. The van der Waals surface area contributed by atoms with E-state index in [1.165, 1.54) is 18.2 Å². The van der Waals surface area contributed by atoms with Crippen molar-refractivity contribution in [1.82, 2.24) is 5.32 Å². The van der Waals surface area contributed by atoms with Crippen LogP contribution in [0.5, 0.6) is 5.75 Å². The van der Waals surface area contributed by atoms with E-state index in [1.54, 1.807) is 12.1 Å². The highest BCUT2D eigenvalue weighted by molar-refractivity contribution is 9.10. The van der Waals surface area contributed by atoms with Gasteiger partial charge < -0.3 is 10.1 Å². The Morgan fingerprint density at radius 3 is 3.00 bits per heavy atom. The Morgan fingerprint density at radius 1 is 1.30 bits per heavy atom. The standard InChI is InChI=1S/C18H15BrFNO2/c19-13-6-7-15(20)12(11-13)5-8-18(22)21-16-9-10-23-17-4-2-1-3-14(16)17/h1-8,11,16H,9-10H2,(H,21,22)/b8-5+/t16-/m1/s1. The molecule has 0 saturated carbocycles. The van der Waals surface area contributed by atoms with Crippen molar-refractivity contribution in [2.45, 2.75) is 12.5 Å². The number of benzene rings is 2. The zero-order valence-corrected chi connectivity index (χ0v) is 13.8. The molecular formula is C18H15BrFNO2. The molecule has 0 unspecified atom stereocenters. The fourth-order valence-corrected chi connectivity index (χ4v) is 2.90. The first-order valence-corrected chi connectivity index (χ1v) is 8.08. The number of carbonyl (C=O) groups is 1. The lowest BCUT2D eigenvalue weighted by Gasteiger charge is -2.26. The number of carbonyl (C=O) groups excluding carboxylic acids is 1. The van der Waals surface area contributed by atoms with Crippen molar-refractivity contribution < 1.29 is 13.9 Å². The van der Waals surface area contributed by atoms with Gasteiger partial charge in [0.05, 0.1) is 12.6 Å². The molecule has 1 atom stereocenters. The van der Waals surface area contributed by atoms with E-state index in [0.29, 0.717) is 18.6 Å². The third-order valence-corrected chi connectivity index (χ3v) is 4.14. The zero-order valence-electron chi connectivity index (χ0n) is 12.3. The van der Waals surface area contributed by atoms with Crippen LogP contribution in [0.3, 0.4) is 0 Å². The van der Waals surface area contributed by atoms with E-state index < -0.39 is 0 Å². The molecule has 1 N–H and O–H groups in total. The van der Waals surface area contributed by atoms with Crippen LogP contribution in [0.2, 0.25) is 0 Å². The number of fused-ring (bicyclic) bond motifs is 1. The van der Waals surface area contributed by atoms with Crippen LogP contribution in [-0.4, -0.2) is 12.5 Å². The van der Waals surface area contributed by atoms with Gasteiger partial charge in [-0.2, -0.15) is 0 Å². The molecular weight excluding hydrogens is 361 g/mol. The third-order valence-electron chi connectivity index (χ3n) is 3.65. The van der Waals surface area contributed by atoms with Gasteiger partial charge in [0.25, 0.3) is 0 Å². The van der Waals surface area contributed by atoms with Crippen LogP contribution in [-0.2, 0) is 4.79 Å². The van der Waals surface area contributed by atoms with Gasteiger partial charge in [0.15, 0.2) is 0 Å². The van der Waals surface area contributed by atoms with Crippen LogP contribution in [0.1, 0.15) is 23.6 Å². The van der Waals surface area contributed by atoms with Crippen molar-refractivity contribution in [3.8, 4) is 5.75 Å². The van der Waals surface area contributed by atoms with Gasteiger partial charge in [-0.25, -0.2) is 4.39 Å². The quantitative estimate of drug-likeness (QED) is 0.814. The first kappa shape index (κ1) is 15.7. The molecule has 1 heterocycles. The number of rotatable bonds is 3. The van der Waals surface area contributed by atoms with E-state index >= 15 is 0 Å². The maximum atomic E-state index is 13.7. The van der Waals surface area contributed by atoms with Crippen LogP contribution in [0.15, 0.2) is 53.0 Å². The first-order valence-electron chi connectivity index (χ1n) is 7.29. The van der Waals surface area contributed by atoms with Gasteiger partial charge in [-0.1, -0.05) is 34.1 Å².